The number of carbonyl (C=O) groups is 3. The molecule has 7 N–H and O–H groups in total. The van der Waals surface area contributed by atoms with E-state index >= 15 is 0 Å². The number of amides is 3. The van der Waals surface area contributed by atoms with Crippen LogP contribution in [0.2, 0.25) is 0 Å². The zero-order valence-corrected chi connectivity index (χ0v) is 27.6. The van der Waals surface area contributed by atoms with Gasteiger partial charge in [-0.15, -0.1) is 10.2 Å². The third-order valence-electron chi connectivity index (χ3n) is 10.5. The first-order valence-electron chi connectivity index (χ1n) is 17.2. The van der Waals surface area contributed by atoms with Gasteiger partial charge in [-0.3, -0.25) is 14.4 Å². The highest BCUT2D eigenvalue weighted by atomic mass is 16.2. The molecule has 49 heavy (non-hydrogen) atoms. The predicted molar refractivity (Wildman–Crippen MR) is 186 cm³/mol. The monoisotopic (exact) mass is 661 g/mol. The van der Waals surface area contributed by atoms with Crippen molar-refractivity contribution in [1.82, 2.24) is 36.6 Å². The Bertz CT molecular complexity index is 1770. The molecule has 7 rings (SSSR count). The van der Waals surface area contributed by atoms with Crippen molar-refractivity contribution < 1.29 is 14.4 Å². The van der Waals surface area contributed by atoms with Crippen molar-refractivity contribution in [2.75, 3.05) is 25.0 Å². The summed E-state index contributed by atoms with van der Waals surface area (Å²) in [4.78, 5) is 40.0. The standard InChI is InChI=1S/C37H43N9O3/c1-21-16-27(36(48)42-33-30-19-39-20-31(30)33)12-15-29(21)24-6-2-22(3-7-24)17-32(41-35(47)26-8-4-23(18-38)5-9-26)37(49)40-28-13-10-25(11-14-28)34-43-45-46-44-34/h2-3,6-7,10-16,23,26,30-33,39H,4-5,8-9,17-20,38H2,1H3,(H,40,49)(H,41,47)(H,42,48)(H,43,44,45,46)/t23-,26-,30?,31?,32-,33?/m0/s1. The number of hydrogen-bond donors (Lipinski definition) is 6. The highest BCUT2D eigenvalue weighted by Crippen LogP contribution is 2.41. The van der Waals surface area contributed by atoms with E-state index in [2.05, 4.69) is 41.9 Å². The van der Waals surface area contributed by atoms with Crippen LogP contribution in [0, 0.1) is 30.6 Å². The van der Waals surface area contributed by atoms with Crippen LogP contribution in [0.5, 0.6) is 0 Å². The summed E-state index contributed by atoms with van der Waals surface area (Å²) in [6, 6.07) is 20.5. The minimum Gasteiger partial charge on any atom is -0.349 e. The van der Waals surface area contributed by atoms with Gasteiger partial charge in [0.15, 0.2) is 0 Å². The van der Waals surface area contributed by atoms with Crippen molar-refractivity contribution in [3.05, 3.63) is 83.4 Å². The molecule has 2 saturated carbocycles. The summed E-state index contributed by atoms with van der Waals surface area (Å²) >= 11 is 0. The number of aryl methyl sites for hydroxylation is 1. The average Bonchev–Trinajstić information content (AvgIpc) is 3.52. The second-order valence-electron chi connectivity index (χ2n) is 13.7. The van der Waals surface area contributed by atoms with E-state index in [4.69, 9.17) is 5.73 Å². The second kappa shape index (κ2) is 14.3. The number of H-pyrrole nitrogens is 1. The molecule has 12 heteroatoms. The molecule has 4 aromatic rings. The number of fused-ring (bicyclic) bond motifs is 1. The Morgan fingerprint density at radius 3 is 2.29 bits per heavy atom. The fraction of sp³-hybridized carbons (Fsp3) is 0.405. The predicted octanol–water partition coefficient (Wildman–Crippen LogP) is 3.22. The summed E-state index contributed by atoms with van der Waals surface area (Å²) in [7, 11) is 0. The minimum absolute atomic E-state index is 0.0221. The van der Waals surface area contributed by atoms with Crippen molar-refractivity contribution in [3.63, 3.8) is 0 Å². The first-order chi connectivity index (χ1) is 23.9. The van der Waals surface area contributed by atoms with Gasteiger partial charge in [-0.1, -0.05) is 30.3 Å². The number of aromatic amines is 1. The van der Waals surface area contributed by atoms with Crippen LogP contribution in [0.3, 0.4) is 0 Å². The van der Waals surface area contributed by atoms with Crippen LogP contribution in [0.1, 0.15) is 47.2 Å². The van der Waals surface area contributed by atoms with Gasteiger partial charge in [0.25, 0.3) is 5.91 Å². The third kappa shape index (κ3) is 7.40. The van der Waals surface area contributed by atoms with E-state index in [0.29, 0.717) is 47.8 Å². The quantitative estimate of drug-likeness (QED) is 0.142. The maximum absolute atomic E-state index is 13.7. The zero-order valence-electron chi connectivity index (χ0n) is 27.6. The van der Waals surface area contributed by atoms with Crippen molar-refractivity contribution in [3.8, 4) is 22.5 Å². The largest absolute Gasteiger partial charge is 0.349 e. The lowest BCUT2D eigenvalue weighted by Crippen LogP contribution is -2.48. The molecule has 12 nitrogen and oxygen atoms in total. The summed E-state index contributed by atoms with van der Waals surface area (Å²) in [5.41, 5.74) is 11.9. The molecule has 3 amide bonds. The van der Waals surface area contributed by atoms with E-state index in [1.165, 1.54) is 0 Å². The fourth-order valence-corrected chi connectivity index (χ4v) is 7.43. The molecule has 0 spiro atoms. The van der Waals surface area contributed by atoms with Gasteiger partial charge in [0.2, 0.25) is 17.6 Å². The number of anilines is 1. The Kier molecular flexibility index (Phi) is 9.49. The van der Waals surface area contributed by atoms with E-state index in [0.717, 1.165) is 66.6 Å². The lowest BCUT2D eigenvalue weighted by molar-refractivity contribution is -0.130. The number of benzene rings is 3. The van der Waals surface area contributed by atoms with Crippen LogP contribution in [-0.2, 0) is 16.0 Å². The topological polar surface area (TPSA) is 180 Å². The van der Waals surface area contributed by atoms with Crippen molar-refractivity contribution >= 4 is 23.4 Å². The molecule has 1 aromatic heterocycles. The number of nitrogens with two attached hydrogens (primary N) is 1. The molecule has 2 unspecified atom stereocenters. The number of rotatable bonds is 11. The molecule has 254 valence electrons. The molecule has 3 aliphatic rings. The summed E-state index contributed by atoms with van der Waals surface area (Å²) in [6.45, 7) is 4.62. The number of carbonyl (C=O) groups excluding carboxylic acids is 3. The molecule has 1 saturated heterocycles. The third-order valence-corrected chi connectivity index (χ3v) is 10.5. The number of aromatic nitrogens is 4. The molecule has 0 radical (unpaired) electrons. The van der Waals surface area contributed by atoms with E-state index < -0.39 is 6.04 Å². The van der Waals surface area contributed by atoms with Crippen molar-refractivity contribution in [1.29, 1.82) is 0 Å². The van der Waals surface area contributed by atoms with E-state index in [1.54, 1.807) is 24.3 Å². The molecule has 2 heterocycles. The lowest BCUT2D eigenvalue weighted by Gasteiger charge is -2.28. The number of piperidine rings is 1. The van der Waals surface area contributed by atoms with Crippen LogP contribution in [0.15, 0.2) is 66.7 Å². The molecular formula is C37H43N9O3. The van der Waals surface area contributed by atoms with E-state index in [9.17, 15) is 14.4 Å². The zero-order chi connectivity index (χ0) is 33.9. The maximum Gasteiger partial charge on any atom is 0.251 e. The summed E-state index contributed by atoms with van der Waals surface area (Å²) in [5.74, 6) is 1.49. The average molecular weight is 662 g/mol. The van der Waals surface area contributed by atoms with Gasteiger partial charge in [-0.25, -0.2) is 0 Å². The maximum atomic E-state index is 13.7. The fourth-order valence-electron chi connectivity index (χ4n) is 7.43. The highest BCUT2D eigenvalue weighted by Gasteiger charge is 2.53. The number of nitrogens with zero attached hydrogens (tertiary/aromatic N) is 3. The Balaban J connectivity index is 1.03. The van der Waals surface area contributed by atoms with Crippen LogP contribution in [-0.4, -0.2) is 70.1 Å². The first kappa shape index (κ1) is 32.6. The number of hydrogen-bond acceptors (Lipinski definition) is 8. The number of nitrogens with one attached hydrogen (secondary N) is 5. The van der Waals surface area contributed by atoms with Crippen LogP contribution in [0.25, 0.3) is 22.5 Å². The molecule has 3 aromatic carbocycles. The smallest absolute Gasteiger partial charge is 0.251 e. The van der Waals surface area contributed by atoms with Crippen LogP contribution in [0.4, 0.5) is 5.69 Å². The second-order valence-corrected chi connectivity index (χ2v) is 13.7. The van der Waals surface area contributed by atoms with Crippen LogP contribution < -0.4 is 27.0 Å². The van der Waals surface area contributed by atoms with Gasteiger partial charge in [-0.2, -0.15) is 5.21 Å². The van der Waals surface area contributed by atoms with Crippen molar-refractivity contribution in [2.24, 2.45) is 29.4 Å². The highest BCUT2D eigenvalue weighted by molar-refractivity contribution is 5.98. The van der Waals surface area contributed by atoms with Gasteiger partial charge in [0.05, 0.1) is 0 Å². The number of tetrazole rings is 1. The molecule has 2 aliphatic carbocycles. The molecule has 3 fully saturated rings. The Labute approximate surface area is 285 Å². The minimum atomic E-state index is -0.774. The van der Waals surface area contributed by atoms with Gasteiger partial charge in [0, 0.05) is 48.3 Å². The van der Waals surface area contributed by atoms with Gasteiger partial charge >= 0.3 is 0 Å². The Morgan fingerprint density at radius 1 is 0.918 bits per heavy atom. The molecule has 1 aliphatic heterocycles. The van der Waals surface area contributed by atoms with Crippen LogP contribution >= 0.6 is 0 Å². The molecule has 0 bridgehead atoms. The van der Waals surface area contributed by atoms with Gasteiger partial charge in [0.1, 0.15) is 6.04 Å². The van der Waals surface area contributed by atoms with Crippen molar-refractivity contribution in [2.45, 2.75) is 51.1 Å². The lowest BCUT2D eigenvalue weighted by atomic mass is 9.81. The Hall–Kier alpha value is -4.94. The van der Waals surface area contributed by atoms with Gasteiger partial charge < -0.3 is 27.0 Å². The van der Waals surface area contributed by atoms with E-state index in [-0.39, 0.29) is 29.7 Å². The normalized spacial score (nSPS) is 23.3. The summed E-state index contributed by atoms with van der Waals surface area (Å²) in [5, 5.41) is 26.6. The van der Waals surface area contributed by atoms with E-state index in [1.807, 2.05) is 49.4 Å². The Morgan fingerprint density at radius 2 is 1.63 bits per heavy atom. The summed E-state index contributed by atoms with van der Waals surface area (Å²) < 4.78 is 0. The summed E-state index contributed by atoms with van der Waals surface area (Å²) in [6.07, 6.45) is 3.71. The molecule has 3 atom stereocenters. The first-order valence-corrected chi connectivity index (χ1v) is 17.2. The molecular weight excluding hydrogens is 618 g/mol. The SMILES string of the molecule is Cc1cc(C(=O)NC2C3CNCC32)ccc1-c1ccc(C[C@H](NC(=O)[C@H]2CC[C@H](CN)CC2)C(=O)Nc2ccc(-c3nn[nH]n3)cc2)cc1. The van der Waals surface area contributed by atoms with Gasteiger partial charge in [-0.05, 0) is 121 Å².